The molecule has 0 aromatic rings. The molecule has 0 N–H and O–H groups in total. The average Bonchev–Trinajstić information content (AvgIpc) is 2.17. The molecule has 0 saturated heterocycles. The largest absolute Gasteiger partial charge is 0.234 e. The Morgan fingerprint density at radius 3 is 2.20 bits per heavy atom. The topological polar surface area (TPSA) is 0 Å². The van der Waals surface area contributed by atoms with Gasteiger partial charge in [-0.2, -0.15) is 0 Å². The van der Waals surface area contributed by atoms with Crippen LogP contribution in [0.2, 0.25) is 0 Å². The quantitative estimate of drug-likeness (QED) is 0.460. The van der Waals surface area contributed by atoms with Crippen molar-refractivity contribution in [2.45, 2.75) is 17.8 Å². The summed E-state index contributed by atoms with van der Waals surface area (Å²) >= 11 is 0. The summed E-state index contributed by atoms with van der Waals surface area (Å²) in [5.41, 5.74) is -3.98. The Kier molecular flexibility index (Phi) is 0.787. The maximum Gasteiger partial charge on any atom is 0.183 e. The second-order valence-electron chi connectivity index (χ2n) is 2.79. The van der Waals surface area contributed by atoms with E-state index in [0.29, 0.717) is 6.08 Å². The van der Waals surface area contributed by atoms with Crippen LogP contribution in [0.3, 0.4) is 0 Å². The van der Waals surface area contributed by atoms with E-state index in [-0.39, 0.29) is 0 Å². The first-order chi connectivity index (χ1) is 4.54. The van der Waals surface area contributed by atoms with Gasteiger partial charge in [-0.1, -0.05) is 0 Å². The second kappa shape index (κ2) is 1.31. The number of hydrogen-bond donors (Lipinski definition) is 0. The van der Waals surface area contributed by atoms with E-state index in [9.17, 15) is 13.2 Å². The van der Waals surface area contributed by atoms with Gasteiger partial charge in [-0.15, -0.1) is 0 Å². The van der Waals surface area contributed by atoms with Gasteiger partial charge in [0.05, 0.1) is 0 Å². The molecule has 0 saturated carbocycles. The molecule has 10 heavy (non-hydrogen) atoms. The Bertz CT molecular complexity index is 243. The van der Waals surface area contributed by atoms with Crippen LogP contribution in [-0.2, 0) is 0 Å². The van der Waals surface area contributed by atoms with E-state index in [4.69, 9.17) is 0 Å². The van der Waals surface area contributed by atoms with Crippen molar-refractivity contribution < 1.29 is 13.2 Å². The van der Waals surface area contributed by atoms with Crippen molar-refractivity contribution in [1.29, 1.82) is 0 Å². The first-order valence-corrected chi connectivity index (χ1v) is 3.01. The zero-order valence-corrected chi connectivity index (χ0v) is 5.07. The first kappa shape index (κ1) is 6.01. The van der Waals surface area contributed by atoms with Crippen molar-refractivity contribution in [3.05, 3.63) is 24.1 Å². The number of hydrogen-bond acceptors (Lipinski definition) is 0. The average molecular weight is 146 g/mol. The van der Waals surface area contributed by atoms with Gasteiger partial charge in [0.1, 0.15) is 5.83 Å². The summed E-state index contributed by atoms with van der Waals surface area (Å²) in [6.07, 6.45) is 2.30. The van der Waals surface area contributed by atoms with E-state index in [0.717, 1.165) is 12.2 Å². The lowest BCUT2D eigenvalue weighted by Crippen LogP contribution is -2.16. The summed E-state index contributed by atoms with van der Waals surface area (Å²) in [6.45, 7) is 0. The number of halogens is 3. The van der Waals surface area contributed by atoms with Gasteiger partial charge in [-0.25, -0.2) is 13.2 Å². The molecule has 0 amide bonds. The molecular formula is C7H5F3. The molecular weight excluding hydrogens is 141 g/mol. The molecule has 0 radical (unpaired) electrons. The van der Waals surface area contributed by atoms with Gasteiger partial charge in [0.2, 0.25) is 0 Å². The van der Waals surface area contributed by atoms with Crippen molar-refractivity contribution in [2.75, 3.05) is 0 Å². The lowest BCUT2D eigenvalue weighted by Gasteiger charge is -2.09. The summed E-state index contributed by atoms with van der Waals surface area (Å²) in [5.74, 6) is -0.988. The van der Waals surface area contributed by atoms with Crippen LogP contribution in [0.4, 0.5) is 13.2 Å². The first-order valence-electron chi connectivity index (χ1n) is 3.01. The third-order valence-electron chi connectivity index (χ3n) is 1.92. The molecule has 54 valence electrons. The molecule has 0 aromatic heterocycles. The van der Waals surface area contributed by atoms with Crippen LogP contribution in [0.25, 0.3) is 0 Å². The maximum absolute atomic E-state index is 13.0. The zero-order chi connectivity index (χ0) is 7.41. The molecule has 0 spiro atoms. The summed E-state index contributed by atoms with van der Waals surface area (Å²) in [6, 6.07) is 0. The third kappa shape index (κ3) is 0.528. The Labute approximate surface area is 56.0 Å². The normalized spacial score (nSPS) is 50.1. The molecule has 0 heterocycles. The minimum atomic E-state index is -2.13. The summed E-state index contributed by atoms with van der Waals surface area (Å²) in [5, 5.41) is 0. The van der Waals surface area contributed by atoms with Crippen LogP contribution in [0, 0.1) is 0 Å². The molecule has 2 rings (SSSR count). The smallest absolute Gasteiger partial charge is 0.183 e. The number of alkyl halides is 2. The second-order valence-corrected chi connectivity index (χ2v) is 2.79. The highest BCUT2D eigenvalue weighted by molar-refractivity contribution is 5.42. The van der Waals surface area contributed by atoms with Crippen LogP contribution >= 0.6 is 0 Å². The fourth-order valence-corrected chi connectivity index (χ4v) is 1.38. The van der Waals surface area contributed by atoms with E-state index in [1.165, 1.54) is 0 Å². The van der Waals surface area contributed by atoms with Crippen LogP contribution in [0.15, 0.2) is 24.1 Å². The maximum atomic E-state index is 13.0. The van der Waals surface area contributed by atoms with Crippen LogP contribution in [-0.4, -0.2) is 11.3 Å². The van der Waals surface area contributed by atoms with Crippen LogP contribution in [0.1, 0.15) is 6.42 Å². The SMILES string of the molecule is FC1=CC2(F)C=CC1(F)C2. The molecule has 2 atom stereocenters. The van der Waals surface area contributed by atoms with Gasteiger partial charge in [-0.05, 0) is 18.2 Å². The van der Waals surface area contributed by atoms with Gasteiger partial charge < -0.3 is 0 Å². The highest BCUT2D eigenvalue weighted by Crippen LogP contribution is 2.49. The molecule has 2 aliphatic rings. The van der Waals surface area contributed by atoms with Gasteiger partial charge >= 0.3 is 0 Å². The molecule has 2 bridgehead atoms. The van der Waals surface area contributed by atoms with Crippen LogP contribution < -0.4 is 0 Å². The predicted octanol–water partition coefficient (Wildman–Crippen LogP) is 2.23. The Morgan fingerprint density at radius 1 is 1.30 bits per heavy atom. The standard InChI is InChI=1S/C7H5F3/c8-5-3-6(9)1-2-7(5,10)4-6/h1-3H,4H2. The molecule has 0 aromatic carbocycles. The van der Waals surface area contributed by atoms with E-state index in [2.05, 4.69) is 0 Å². The van der Waals surface area contributed by atoms with Crippen LogP contribution in [0.5, 0.6) is 0 Å². The minimum Gasteiger partial charge on any atom is -0.234 e. The number of allylic oxidation sites excluding steroid dienone is 4. The van der Waals surface area contributed by atoms with Gasteiger partial charge in [-0.3, -0.25) is 0 Å². The van der Waals surface area contributed by atoms with Crippen molar-refractivity contribution in [2.24, 2.45) is 0 Å². The number of rotatable bonds is 0. The van der Waals surface area contributed by atoms with Crippen molar-refractivity contribution in [1.82, 2.24) is 0 Å². The van der Waals surface area contributed by atoms with Crippen molar-refractivity contribution >= 4 is 0 Å². The fraction of sp³-hybridized carbons (Fsp3) is 0.429. The number of fused-ring (bicyclic) bond motifs is 2. The van der Waals surface area contributed by atoms with Gasteiger partial charge in [0.25, 0.3) is 0 Å². The van der Waals surface area contributed by atoms with Crippen molar-refractivity contribution in [3.8, 4) is 0 Å². The summed E-state index contributed by atoms with van der Waals surface area (Å²) in [4.78, 5) is 0. The monoisotopic (exact) mass is 146 g/mol. The van der Waals surface area contributed by atoms with E-state index < -0.39 is 23.6 Å². The van der Waals surface area contributed by atoms with Gasteiger partial charge in [0.15, 0.2) is 11.3 Å². The minimum absolute atomic E-state index is 0.411. The summed E-state index contributed by atoms with van der Waals surface area (Å²) in [7, 11) is 0. The lowest BCUT2D eigenvalue weighted by atomic mass is 10.1. The highest BCUT2D eigenvalue weighted by Gasteiger charge is 2.53. The summed E-state index contributed by atoms with van der Waals surface area (Å²) < 4.78 is 38.3. The molecule has 0 nitrogen and oxygen atoms in total. The molecule has 3 heteroatoms. The Balaban J connectivity index is 2.50. The van der Waals surface area contributed by atoms with Crippen molar-refractivity contribution in [3.63, 3.8) is 0 Å². The van der Waals surface area contributed by atoms with E-state index in [1.54, 1.807) is 0 Å². The molecule has 2 unspecified atom stereocenters. The lowest BCUT2D eigenvalue weighted by molar-refractivity contribution is 0.201. The molecule has 0 aliphatic heterocycles. The van der Waals surface area contributed by atoms with Gasteiger partial charge in [0, 0.05) is 6.42 Å². The third-order valence-corrected chi connectivity index (χ3v) is 1.92. The zero-order valence-electron chi connectivity index (χ0n) is 5.07. The van der Waals surface area contributed by atoms with E-state index >= 15 is 0 Å². The molecule has 0 fully saturated rings. The Hall–Kier alpha value is -0.730. The fourth-order valence-electron chi connectivity index (χ4n) is 1.38. The highest BCUT2D eigenvalue weighted by atomic mass is 19.2. The predicted molar refractivity (Wildman–Crippen MR) is 30.6 cm³/mol. The van der Waals surface area contributed by atoms with E-state index in [1.807, 2.05) is 0 Å². The Morgan fingerprint density at radius 2 is 2.00 bits per heavy atom. The molecule has 2 aliphatic carbocycles.